The van der Waals surface area contributed by atoms with E-state index in [2.05, 4.69) is 15.6 Å². The minimum absolute atomic E-state index is 0.0533. The van der Waals surface area contributed by atoms with Crippen molar-refractivity contribution in [3.05, 3.63) is 76.8 Å². The normalized spacial score (nSPS) is 11.0. The van der Waals surface area contributed by atoms with E-state index in [0.717, 1.165) is 16.8 Å². The van der Waals surface area contributed by atoms with Gasteiger partial charge in [0, 0.05) is 17.9 Å². The number of nitrogens with zero attached hydrogens (tertiary/aromatic N) is 1. The van der Waals surface area contributed by atoms with E-state index in [4.69, 9.17) is 4.74 Å². The van der Waals surface area contributed by atoms with Crippen molar-refractivity contribution in [1.82, 2.24) is 10.3 Å². The maximum absolute atomic E-state index is 12.4. The lowest BCUT2D eigenvalue weighted by Gasteiger charge is -2.09. The molecule has 3 aromatic rings. The number of rotatable bonds is 7. The highest BCUT2D eigenvalue weighted by atomic mass is 32.1. The number of nitrogens with one attached hydrogen (secondary N) is 2. The van der Waals surface area contributed by atoms with Gasteiger partial charge in [-0.25, -0.2) is 9.78 Å². The van der Waals surface area contributed by atoms with E-state index < -0.39 is 24.4 Å². The SMILES string of the molecule is CC(=O)N/C(=C\c1ccccc1)C(=O)OCC(=O)Nc1nc(-c2ccc(C)cc2)cs1. The number of hydrogen-bond donors (Lipinski definition) is 2. The third-order valence-electron chi connectivity index (χ3n) is 4.07. The third-order valence-corrected chi connectivity index (χ3v) is 4.83. The van der Waals surface area contributed by atoms with E-state index in [1.165, 1.54) is 24.3 Å². The fraction of sp³-hybridized carbons (Fsp3) is 0.130. The second kappa shape index (κ2) is 10.3. The van der Waals surface area contributed by atoms with E-state index in [0.29, 0.717) is 10.7 Å². The van der Waals surface area contributed by atoms with E-state index in [9.17, 15) is 14.4 Å². The monoisotopic (exact) mass is 435 g/mol. The van der Waals surface area contributed by atoms with Gasteiger partial charge in [0.1, 0.15) is 5.70 Å². The molecule has 8 heteroatoms. The maximum atomic E-state index is 12.4. The first-order valence-electron chi connectivity index (χ1n) is 9.44. The number of amides is 2. The van der Waals surface area contributed by atoms with Crippen LogP contribution in [0.5, 0.6) is 0 Å². The zero-order valence-electron chi connectivity index (χ0n) is 17.0. The molecular formula is C23H21N3O4S. The van der Waals surface area contributed by atoms with Crippen molar-refractivity contribution in [3.8, 4) is 11.3 Å². The van der Waals surface area contributed by atoms with Gasteiger partial charge in [0.25, 0.3) is 5.91 Å². The molecule has 0 aliphatic heterocycles. The molecule has 0 bridgehead atoms. The zero-order valence-corrected chi connectivity index (χ0v) is 17.9. The van der Waals surface area contributed by atoms with Crippen LogP contribution in [0, 0.1) is 6.92 Å². The average Bonchev–Trinajstić information content (AvgIpc) is 3.21. The molecule has 0 saturated heterocycles. The molecule has 2 aromatic carbocycles. The predicted octanol–water partition coefficient (Wildman–Crippen LogP) is 3.78. The molecule has 7 nitrogen and oxygen atoms in total. The lowest BCUT2D eigenvalue weighted by molar-refractivity contribution is -0.144. The number of esters is 1. The minimum Gasteiger partial charge on any atom is -0.451 e. The molecule has 158 valence electrons. The Bertz CT molecular complexity index is 1110. The molecule has 31 heavy (non-hydrogen) atoms. The molecule has 0 radical (unpaired) electrons. The molecule has 0 fully saturated rings. The summed E-state index contributed by atoms with van der Waals surface area (Å²) in [5, 5.41) is 7.28. The first-order chi connectivity index (χ1) is 14.9. The van der Waals surface area contributed by atoms with Crippen molar-refractivity contribution in [1.29, 1.82) is 0 Å². The summed E-state index contributed by atoms with van der Waals surface area (Å²) < 4.78 is 5.06. The second-order valence-corrected chi connectivity index (χ2v) is 7.54. The van der Waals surface area contributed by atoms with Gasteiger partial charge in [-0.05, 0) is 18.6 Å². The van der Waals surface area contributed by atoms with Crippen LogP contribution in [0.2, 0.25) is 0 Å². The van der Waals surface area contributed by atoms with Crippen LogP contribution in [-0.2, 0) is 19.1 Å². The highest BCUT2D eigenvalue weighted by Crippen LogP contribution is 2.25. The molecule has 1 aromatic heterocycles. The molecule has 2 N–H and O–H groups in total. The summed E-state index contributed by atoms with van der Waals surface area (Å²) in [7, 11) is 0. The Labute approximate surface area is 183 Å². The molecule has 3 rings (SSSR count). The summed E-state index contributed by atoms with van der Waals surface area (Å²) in [4.78, 5) is 40.3. The summed E-state index contributed by atoms with van der Waals surface area (Å²) in [5.41, 5.74) is 3.49. The Morgan fingerprint density at radius 2 is 1.77 bits per heavy atom. The van der Waals surface area contributed by atoms with Crippen LogP contribution >= 0.6 is 11.3 Å². The number of benzene rings is 2. The van der Waals surface area contributed by atoms with Gasteiger partial charge in [-0.3, -0.25) is 14.9 Å². The van der Waals surface area contributed by atoms with Crippen molar-refractivity contribution in [2.75, 3.05) is 11.9 Å². The molecule has 2 amide bonds. The predicted molar refractivity (Wildman–Crippen MR) is 120 cm³/mol. The molecule has 0 atom stereocenters. The summed E-state index contributed by atoms with van der Waals surface area (Å²) in [6.07, 6.45) is 1.48. The Balaban J connectivity index is 1.59. The summed E-state index contributed by atoms with van der Waals surface area (Å²) >= 11 is 1.28. The number of aromatic nitrogens is 1. The highest BCUT2D eigenvalue weighted by Gasteiger charge is 2.16. The van der Waals surface area contributed by atoms with Crippen LogP contribution in [0.1, 0.15) is 18.1 Å². The Kier molecular flexibility index (Phi) is 7.29. The van der Waals surface area contributed by atoms with Gasteiger partial charge in [0.05, 0.1) is 5.69 Å². The number of anilines is 1. The van der Waals surface area contributed by atoms with Gasteiger partial charge >= 0.3 is 5.97 Å². The number of carbonyl (C=O) groups is 3. The van der Waals surface area contributed by atoms with E-state index >= 15 is 0 Å². The summed E-state index contributed by atoms with van der Waals surface area (Å²) in [6, 6.07) is 16.9. The lowest BCUT2D eigenvalue weighted by Crippen LogP contribution is -2.28. The second-order valence-electron chi connectivity index (χ2n) is 6.68. The maximum Gasteiger partial charge on any atom is 0.355 e. The topological polar surface area (TPSA) is 97.4 Å². The highest BCUT2D eigenvalue weighted by molar-refractivity contribution is 7.14. The minimum atomic E-state index is -0.811. The van der Waals surface area contributed by atoms with Crippen LogP contribution < -0.4 is 10.6 Å². The Morgan fingerprint density at radius 1 is 1.06 bits per heavy atom. The number of thiazole rings is 1. The Hall–Kier alpha value is -3.78. The van der Waals surface area contributed by atoms with Gasteiger partial charge in [-0.2, -0.15) is 0 Å². The van der Waals surface area contributed by atoms with Crippen molar-refractivity contribution in [2.24, 2.45) is 0 Å². The van der Waals surface area contributed by atoms with Crippen LogP contribution in [0.25, 0.3) is 17.3 Å². The van der Waals surface area contributed by atoms with Crippen LogP contribution in [-0.4, -0.2) is 29.4 Å². The van der Waals surface area contributed by atoms with Crippen LogP contribution in [0.3, 0.4) is 0 Å². The summed E-state index contributed by atoms with van der Waals surface area (Å²) in [6.45, 7) is 2.78. The third kappa shape index (κ3) is 6.61. The first kappa shape index (κ1) is 21.9. The first-order valence-corrected chi connectivity index (χ1v) is 10.3. The number of aryl methyl sites for hydroxylation is 1. The lowest BCUT2D eigenvalue weighted by atomic mass is 10.1. The molecule has 0 saturated carbocycles. The molecule has 0 aliphatic carbocycles. The summed E-state index contributed by atoms with van der Waals surface area (Å²) in [5.74, 6) is -1.76. The van der Waals surface area contributed by atoms with Gasteiger partial charge in [0.15, 0.2) is 11.7 Å². The smallest absolute Gasteiger partial charge is 0.355 e. The van der Waals surface area contributed by atoms with Crippen LogP contribution in [0.4, 0.5) is 5.13 Å². The zero-order chi connectivity index (χ0) is 22.2. The van der Waals surface area contributed by atoms with Gasteiger partial charge < -0.3 is 10.1 Å². The van der Waals surface area contributed by atoms with Gasteiger partial charge in [-0.15, -0.1) is 11.3 Å². The van der Waals surface area contributed by atoms with Crippen molar-refractivity contribution in [2.45, 2.75) is 13.8 Å². The fourth-order valence-corrected chi connectivity index (χ4v) is 3.34. The fourth-order valence-electron chi connectivity index (χ4n) is 2.60. The number of ether oxygens (including phenoxy) is 1. The largest absolute Gasteiger partial charge is 0.451 e. The average molecular weight is 436 g/mol. The number of carbonyl (C=O) groups excluding carboxylic acids is 3. The van der Waals surface area contributed by atoms with E-state index in [1.807, 2.05) is 42.6 Å². The van der Waals surface area contributed by atoms with Crippen LogP contribution in [0.15, 0.2) is 65.7 Å². The number of hydrogen-bond acceptors (Lipinski definition) is 6. The molecule has 0 aliphatic rings. The van der Waals surface area contributed by atoms with Gasteiger partial charge in [-0.1, -0.05) is 60.2 Å². The molecule has 0 unspecified atom stereocenters. The molecular weight excluding hydrogens is 414 g/mol. The van der Waals surface area contributed by atoms with E-state index in [1.54, 1.807) is 24.3 Å². The molecule has 0 spiro atoms. The molecule has 1 heterocycles. The van der Waals surface area contributed by atoms with Gasteiger partial charge in [0.2, 0.25) is 5.91 Å². The van der Waals surface area contributed by atoms with Crippen molar-refractivity contribution in [3.63, 3.8) is 0 Å². The van der Waals surface area contributed by atoms with E-state index in [-0.39, 0.29) is 5.70 Å². The van der Waals surface area contributed by atoms with Crippen molar-refractivity contribution < 1.29 is 19.1 Å². The standard InChI is InChI=1S/C23H21N3O4S/c1-15-8-10-18(11-9-15)20-14-31-23(25-20)26-21(28)13-30-22(29)19(24-16(2)27)12-17-6-4-3-5-7-17/h3-12,14H,13H2,1-2H3,(H,24,27)(H,25,26,28)/b19-12-. The quantitative estimate of drug-likeness (QED) is 0.435. The van der Waals surface area contributed by atoms with Crippen molar-refractivity contribution >= 4 is 40.3 Å². The Morgan fingerprint density at radius 3 is 2.45 bits per heavy atom.